The number of sulfonamides is 1. The highest BCUT2D eigenvalue weighted by atomic mass is 32.2. The van der Waals surface area contributed by atoms with Gasteiger partial charge in [-0.15, -0.1) is 11.3 Å². The van der Waals surface area contributed by atoms with E-state index in [1.54, 1.807) is 20.8 Å². The summed E-state index contributed by atoms with van der Waals surface area (Å²) < 4.78 is 67.1. The van der Waals surface area contributed by atoms with Crippen LogP contribution in [0.1, 0.15) is 37.8 Å². The number of benzene rings is 2. The third-order valence-electron chi connectivity index (χ3n) is 5.02. The first-order valence-corrected chi connectivity index (χ1v) is 12.0. The van der Waals surface area contributed by atoms with Crippen LogP contribution in [0.2, 0.25) is 0 Å². The van der Waals surface area contributed by atoms with Crippen LogP contribution in [0.15, 0.2) is 53.4 Å². The van der Waals surface area contributed by atoms with Crippen molar-refractivity contribution in [2.75, 3.05) is 10.8 Å². The van der Waals surface area contributed by atoms with Crippen molar-refractivity contribution in [2.45, 2.75) is 50.3 Å². The van der Waals surface area contributed by atoms with Crippen molar-refractivity contribution >= 4 is 36.4 Å². The van der Waals surface area contributed by atoms with Crippen LogP contribution in [0.5, 0.6) is 0 Å². The third kappa shape index (κ3) is 5.22. The number of anilines is 1. The van der Waals surface area contributed by atoms with Crippen LogP contribution in [0.25, 0.3) is 10.1 Å². The quantitative estimate of drug-likeness (QED) is 0.462. The number of rotatable bonds is 7. The lowest BCUT2D eigenvalue weighted by atomic mass is 9.99. The van der Waals surface area contributed by atoms with Gasteiger partial charge in [0.1, 0.15) is 5.00 Å². The molecule has 0 fully saturated rings. The Kier molecular flexibility index (Phi) is 6.42. The van der Waals surface area contributed by atoms with Crippen molar-refractivity contribution in [1.82, 2.24) is 0 Å². The van der Waals surface area contributed by atoms with Gasteiger partial charge in [-0.2, -0.15) is 13.2 Å². The molecule has 0 amide bonds. The molecule has 0 aliphatic heterocycles. The van der Waals surface area contributed by atoms with Crippen LogP contribution < -0.4 is 4.31 Å². The maximum Gasteiger partial charge on any atom is 0.389 e. The number of fused-ring (bicyclic) bond motifs is 1. The van der Waals surface area contributed by atoms with Crippen LogP contribution in [0.4, 0.5) is 18.2 Å². The molecule has 0 atom stereocenters. The molecule has 1 heterocycles. The highest BCUT2D eigenvalue weighted by Crippen LogP contribution is 2.40. The van der Waals surface area contributed by atoms with Crippen molar-refractivity contribution in [3.8, 4) is 0 Å². The fourth-order valence-electron chi connectivity index (χ4n) is 3.32. The fraction of sp³-hybridized carbons (Fsp3) is 0.364. The minimum atomic E-state index is -4.36. The summed E-state index contributed by atoms with van der Waals surface area (Å²) in [7, 11) is -4.11. The molecule has 4 nitrogen and oxygen atoms in total. The first-order valence-electron chi connectivity index (χ1n) is 9.71. The first kappa shape index (κ1) is 23.6. The SMILES string of the molecule is Cc1c(N(CCCC(F)(F)F)S(=O)(=O)c2ccc(C(C)(C)O)cc2)sc2ccccc12. The average molecular weight is 472 g/mol. The Morgan fingerprint density at radius 1 is 1.03 bits per heavy atom. The van der Waals surface area contributed by atoms with Gasteiger partial charge in [0.2, 0.25) is 0 Å². The predicted octanol–water partition coefficient (Wildman–Crippen LogP) is 5.97. The summed E-state index contributed by atoms with van der Waals surface area (Å²) in [4.78, 5) is -0.0376. The predicted molar refractivity (Wildman–Crippen MR) is 118 cm³/mol. The zero-order valence-electron chi connectivity index (χ0n) is 17.4. The Hall–Kier alpha value is -2.10. The van der Waals surface area contributed by atoms with E-state index in [0.717, 1.165) is 14.4 Å². The lowest BCUT2D eigenvalue weighted by molar-refractivity contribution is -0.134. The highest BCUT2D eigenvalue weighted by Gasteiger charge is 2.31. The van der Waals surface area contributed by atoms with Gasteiger partial charge in [-0.25, -0.2) is 8.42 Å². The maximum absolute atomic E-state index is 13.5. The Labute approximate surface area is 184 Å². The molecule has 3 aromatic rings. The van der Waals surface area contributed by atoms with E-state index in [4.69, 9.17) is 0 Å². The zero-order valence-corrected chi connectivity index (χ0v) is 19.0. The van der Waals surface area contributed by atoms with E-state index in [2.05, 4.69) is 0 Å². The number of halogens is 3. The van der Waals surface area contributed by atoms with Gasteiger partial charge in [0.25, 0.3) is 10.0 Å². The van der Waals surface area contributed by atoms with E-state index in [0.29, 0.717) is 16.1 Å². The van der Waals surface area contributed by atoms with Crippen molar-refractivity contribution < 1.29 is 26.7 Å². The Balaban J connectivity index is 2.05. The Morgan fingerprint density at radius 3 is 2.19 bits per heavy atom. The summed E-state index contributed by atoms with van der Waals surface area (Å²) in [6.07, 6.45) is -5.78. The molecule has 3 rings (SSSR count). The number of aliphatic hydroxyl groups is 1. The van der Waals surface area contributed by atoms with Crippen molar-refractivity contribution in [3.63, 3.8) is 0 Å². The molecule has 0 aliphatic rings. The molecule has 1 N–H and O–H groups in total. The third-order valence-corrected chi connectivity index (χ3v) is 8.24. The van der Waals surface area contributed by atoms with Gasteiger partial charge in [0.05, 0.1) is 10.5 Å². The summed E-state index contributed by atoms with van der Waals surface area (Å²) in [5, 5.41) is 11.4. The summed E-state index contributed by atoms with van der Waals surface area (Å²) >= 11 is 1.24. The standard InChI is InChI=1S/C22H24F3NO3S2/c1-15-18-7-4-5-8-19(18)30-20(15)26(14-6-13-22(23,24)25)31(28,29)17-11-9-16(10-12-17)21(2,3)27/h4-5,7-12,27H,6,13-14H2,1-3H3. The fourth-order valence-corrected chi connectivity index (χ4v) is 6.32. The molecule has 31 heavy (non-hydrogen) atoms. The van der Waals surface area contributed by atoms with E-state index < -0.39 is 28.2 Å². The molecular weight excluding hydrogens is 447 g/mol. The van der Waals surface area contributed by atoms with Crippen molar-refractivity contribution in [1.29, 1.82) is 0 Å². The van der Waals surface area contributed by atoms with E-state index in [-0.39, 0.29) is 17.9 Å². The second-order valence-corrected chi connectivity index (χ2v) is 10.8. The molecular formula is C22H24F3NO3S2. The van der Waals surface area contributed by atoms with Gasteiger partial charge in [0.15, 0.2) is 0 Å². The highest BCUT2D eigenvalue weighted by molar-refractivity contribution is 7.93. The average Bonchev–Trinajstić information content (AvgIpc) is 3.00. The Bertz CT molecular complexity index is 1160. The number of alkyl halides is 3. The van der Waals surface area contributed by atoms with Gasteiger partial charge in [-0.3, -0.25) is 4.31 Å². The molecule has 168 valence electrons. The minimum absolute atomic E-state index is 0.0376. The van der Waals surface area contributed by atoms with Crippen LogP contribution in [-0.4, -0.2) is 26.2 Å². The van der Waals surface area contributed by atoms with Crippen LogP contribution in [-0.2, 0) is 15.6 Å². The number of thiophene rings is 1. The maximum atomic E-state index is 13.5. The zero-order chi connectivity index (χ0) is 23.0. The topological polar surface area (TPSA) is 57.6 Å². The molecule has 0 radical (unpaired) electrons. The van der Waals surface area contributed by atoms with E-state index in [1.807, 2.05) is 24.3 Å². The summed E-state index contributed by atoms with van der Waals surface area (Å²) in [6, 6.07) is 13.2. The van der Waals surface area contributed by atoms with Crippen LogP contribution in [0.3, 0.4) is 0 Å². The van der Waals surface area contributed by atoms with Crippen LogP contribution >= 0.6 is 11.3 Å². The van der Waals surface area contributed by atoms with Crippen LogP contribution in [0, 0.1) is 6.92 Å². The normalized spacial score (nSPS) is 13.0. The largest absolute Gasteiger partial charge is 0.389 e. The first-order chi connectivity index (χ1) is 14.3. The second-order valence-electron chi connectivity index (χ2n) is 7.91. The number of aryl methyl sites for hydroxylation is 1. The lowest BCUT2D eigenvalue weighted by Crippen LogP contribution is -2.32. The van der Waals surface area contributed by atoms with Gasteiger partial charge in [-0.1, -0.05) is 30.3 Å². The van der Waals surface area contributed by atoms with Gasteiger partial charge >= 0.3 is 6.18 Å². The summed E-state index contributed by atoms with van der Waals surface area (Å²) in [5.74, 6) is 0. The molecule has 0 saturated heterocycles. The van der Waals surface area contributed by atoms with E-state index >= 15 is 0 Å². The molecule has 0 unspecified atom stereocenters. The summed E-state index contributed by atoms with van der Waals surface area (Å²) in [5.41, 5.74) is 0.105. The molecule has 0 spiro atoms. The molecule has 1 aromatic heterocycles. The number of hydrogen-bond donors (Lipinski definition) is 1. The number of nitrogens with zero attached hydrogens (tertiary/aromatic N) is 1. The van der Waals surface area contributed by atoms with Gasteiger partial charge in [0, 0.05) is 17.7 Å². The molecule has 9 heteroatoms. The van der Waals surface area contributed by atoms with Crippen molar-refractivity contribution in [3.05, 3.63) is 59.7 Å². The second kappa shape index (κ2) is 8.44. The van der Waals surface area contributed by atoms with E-state index in [9.17, 15) is 26.7 Å². The molecule has 0 bridgehead atoms. The van der Waals surface area contributed by atoms with Crippen molar-refractivity contribution in [2.24, 2.45) is 0 Å². The smallest absolute Gasteiger partial charge is 0.386 e. The van der Waals surface area contributed by atoms with Gasteiger partial charge < -0.3 is 5.11 Å². The number of hydrogen-bond acceptors (Lipinski definition) is 4. The molecule has 0 aliphatic carbocycles. The molecule has 0 saturated carbocycles. The monoisotopic (exact) mass is 471 g/mol. The summed E-state index contributed by atoms with van der Waals surface area (Å²) in [6.45, 7) is 4.65. The lowest BCUT2D eigenvalue weighted by Gasteiger charge is -2.25. The van der Waals surface area contributed by atoms with Gasteiger partial charge in [-0.05, 0) is 61.9 Å². The minimum Gasteiger partial charge on any atom is -0.386 e. The molecule has 2 aromatic carbocycles. The van der Waals surface area contributed by atoms with E-state index in [1.165, 1.54) is 35.6 Å². The Morgan fingerprint density at radius 2 is 1.65 bits per heavy atom.